The summed E-state index contributed by atoms with van der Waals surface area (Å²) < 4.78 is 0. The number of carbonyl (C=O) groups excluding carboxylic acids is 1. The van der Waals surface area contributed by atoms with E-state index in [-0.39, 0.29) is 0 Å². The largest absolute Gasteiger partial charge is 0.394 e. The fourth-order valence-electron chi connectivity index (χ4n) is 2.74. The molecule has 0 spiro atoms. The molecule has 124 valence electrons. The second kappa shape index (κ2) is 6.57. The van der Waals surface area contributed by atoms with Gasteiger partial charge in [0.05, 0.1) is 19.8 Å². The number of hydrogen-bond donors (Lipinski definition) is 4. The molecule has 0 radical (unpaired) electrons. The predicted molar refractivity (Wildman–Crippen MR) is 92.9 cm³/mol. The second-order valence-corrected chi connectivity index (χ2v) is 5.93. The van der Waals surface area contributed by atoms with Gasteiger partial charge in [0.2, 0.25) is 0 Å². The number of amides is 1. The van der Waals surface area contributed by atoms with Gasteiger partial charge in [0, 0.05) is 5.56 Å². The maximum atomic E-state index is 12.6. The van der Waals surface area contributed by atoms with Gasteiger partial charge in [-0.25, -0.2) is 0 Å². The highest BCUT2D eigenvalue weighted by Crippen LogP contribution is 2.25. The van der Waals surface area contributed by atoms with Crippen molar-refractivity contribution in [1.82, 2.24) is 5.32 Å². The predicted octanol–water partition coefficient (Wildman–Crippen LogP) is 1.44. The Balaban J connectivity index is 2.08. The molecule has 0 atom stereocenters. The summed E-state index contributed by atoms with van der Waals surface area (Å²) in [5.74, 6) is -0.451. The van der Waals surface area contributed by atoms with Crippen molar-refractivity contribution in [3.63, 3.8) is 0 Å². The van der Waals surface area contributed by atoms with Crippen molar-refractivity contribution in [2.45, 2.75) is 5.54 Å². The highest BCUT2D eigenvalue weighted by atomic mass is 16.3. The molecule has 5 heteroatoms. The molecular weight excluding hydrogens is 306 g/mol. The number of nitrogens with one attached hydrogen (secondary N) is 1. The molecule has 0 bridgehead atoms. The van der Waals surface area contributed by atoms with Crippen LogP contribution in [0.15, 0.2) is 54.6 Å². The fraction of sp³-hybridized carbons (Fsp3) is 0.211. The molecule has 3 aromatic rings. The van der Waals surface area contributed by atoms with Crippen molar-refractivity contribution >= 4 is 27.5 Å². The third kappa shape index (κ3) is 2.85. The Hall–Kier alpha value is -2.47. The molecule has 0 aliphatic heterocycles. The minimum absolute atomic E-state index is 0.429. The molecule has 0 aliphatic rings. The minimum Gasteiger partial charge on any atom is -0.394 e. The van der Waals surface area contributed by atoms with Crippen LogP contribution in [0, 0.1) is 0 Å². The summed E-state index contributed by atoms with van der Waals surface area (Å²) in [5, 5.41) is 34.5. The Morgan fingerprint density at radius 2 is 1.42 bits per heavy atom. The van der Waals surface area contributed by atoms with E-state index >= 15 is 0 Å². The molecule has 0 heterocycles. The van der Waals surface area contributed by atoms with Crippen molar-refractivity contribution in [1.29, 1.82) is 0 Å². The van der Waals surface area contributed by atoms with Gasteiger partial charge in [0.1, 0.15) is 5.54 Å². The average Bonchev–Trinajstić information content (AvgIpc) is 2.64. The van der Waals surface area contributed by atoms with E-state index in [1.807, 2.05) is 42.5 Å². The third-order valence-corrected chi connectivity index (χ3v) is 4.28. The summed E-state index contributed by atoms with van der Waals surface area (Å²) in [6.07, 6.45) is 0. The SMILES string of the molecule is O=C(NC(CO)(CO)CO)c1cccc2cc3ccccc3cc12. The van der Waals surface area contributed by atoms with Gasteiger partial charge in [-0.1, -0.05) is 36.4 Å². The van der Waals surface area contributed by atoms with Crippen LogP contribution in [0.1, 0.15) is 10.4 Å². The lowest BCUT2D eigenvalue weighted by molar-refractivity contribution is 0.0376. The van der Waals surface area contributed by atoms with Gasteiger partial charge < -0.3 is 20.6 Å². The Morgan fingerprint density at radius 3 is 2.04 bits per heavy atom. The van der Waals surface area contributed by atoms with Crippen LogP contribution in [0.2, 0.25) is 0 Å². The summed E-state index contributed by atoms with van der Waals surface area (Å²) in [6.45, 7) is -1.67. The standard InChI is InChI=1S/C19H19NO4/c21-10-19(11-22,12-23)20-18(24)16-7-3-6-15-8-13-4-1-2-5-14(13)9-17(15)16/h1-9,21-23H,10-12H2,(H,20,24). The summed E-state index contributed by atoms with van der Waals surface area (Å²) in [7, 11) is 0. The highest BCUT2D eigenvalue weighted by Gasteiger charge is 2.30. The topological polar surface area (TPSA) is 89.8 Å². The average molecular weight is 325 g/mol. The minimum atomic E-state index is -1.45. The maximum Gasteiger partial charge on any atom is 0.252 e. The molecule has 0 fully saturated rings. The van der Waals surface area contributed by atoms with E-state index in [9.17, 15) is 20.1 Å². The van der Waals surface area contributed by atoms with Crippen LogP contribution in [0.3, 0.4) is 0 Å². The molecule has 5 nitrogen and oxygen atoms in total. The normalized spacial score (nSPS) is 11.8. The lowest BCUT2D eigenvalue weighted by Crippen LogP contribution is -2.57. The summed E-state index contributed by atoms with van der Waals surface area (Å²) >= 11 is 0. The van der Waals surface area contributed by atoms with Gasteiger partial charge in [-0.05, 0) is 39.7 Å². The Bertz CT molecular complexity index is 879. The number of hydrogen-bond acceptors (Lipinski definition) is 4. The molecule has 0 saturated carbocycles. The lowest BCUT2D eigenvalue weighted by Gasteiger charge is -2.28. The maximum absolute atomic E-state index is 12.6. The second-order valence-electron chi connectivity index (χ2n) is 5.93. The molecule has 3 aromatic carbocycles. The molecule has 3 rings (SSSR count). The zero-order chi connectivity index (χ0) is 17.2. The van der Waals surface area contributed by atoms with Crippen LogP contribution in [-0.2, 0) is 0 Å². The first-order valence-electron chi connectivity index (χ1n) is 7.69. The van der Waals surface area contributed by atoms with Crippen LogP contribution in [0.5, 0.6) is 0 Å². The molecule has 1 amide bonds. The van der Waals surface area contributed by atoms with Gasteiger partial charge in [-0.2, -0.15) is 0 Å². The number of benzene rings is 3. The van der Waals surface area contributed by atoms with Gasteiger partial charge in [0.15, 0.2) is 0 Å². The van der Waals surface area contributed by atoms with Crippen molar-refractivity contribution in [3.8, 4) is 0 Å². The van der Waals surface area contributed by atoms with Crippen molar-refractivity contribution in [3.05, 3.63) is 60.2 Å². The Morgan fingerprint density at radius 1 is 0.833 bits per heavy atom. The van der Waals surface area contributed by atoms with Crippen LogP contribution >= 0.6 is 0 Å². The van der Waals surface area contributed by atoms with Crippen molar-refractivity contribution in [2.75, 3.05) is 19.8 Å². The lowest BCUT2D eigenvalue weighted by atomic mass is 9.97. The van der Waals surface area contributed by atoms with Gasteiger partial charge in [-0.15, -0.1) is 0 Å². The monoisotopic (exact) mass is 325 g/mol. The zero-order valence-electron chi connectivity index (χ0n) is 13.1. The summed E-state index contributed by atoms with van der Waals surface area (Å²) in [6, 6.07) is 17.2. The molecular formula is C19H19NO4. The molecule has 0 saturated heterocycles. The van der Waals surface area contributed by atoms with Gasteiger partial charge >= 0.3 is 0 Å². The molecule has 24 heavy (non-hydrogen) atoms. The molecule has 0 aliphatic carbocycles. The van der Waals surface area contributed by atoms with E-state index in [0.717, 1.165) is 21.5 Å². The Kier molecular flexibility index (Phi) is 4.49. The van der Waals surface area contributed by atoms with E-state index in [1.165, 1.54) is 0 Å². The highest BCUT2D eigenvalue weighted by molar-refractivity contribution is 6.10. The van der Waals surface area contributed by atoms with Crippen molar-refractivity contribution in [2.24, 2.45) is 0 Å². The number of fused-ring (bicyclic) bond motifs is 2. The van der Waals surface area contributed by atoms with Crippen LogP contribution in [0.25, 0.3) is 21.5 Å². The van der Waals surface area contributed by atoms with E-state index in [1.54, 1.807) is 12.1 Å². The van der Waals surface area contributed by atoms with E-state index < -0.39 is 31.3 Å². The number of aliphatic hydroxyl groups is 3. The Labute approximate surface area is 139 Å². The quantitative estimate of drug-likeness (QED) is 0.534. The number of aliphatic hydroxyl groups excluding tert-OH is 3. The first-order chi connectivity index (χ1) is 11.6. The number of rotatable bonds is 5. The third-order valence-electron chi connectivity index (χ3n) is 4.28. The van der Waals surface area contributed by atoms with Crippen molar-refractivity contribution < 1.29 is 20.1 Å². The molecule has 0 unspecified atom stereocenters. The zero-order valence-corrected chi connectivity index (χ0v) is 13.1. The van der Waals surface area contributed by atoms with E-state index in [2.05, 4.69) is 5.32 Å². The number of carbonyl (C=O) groups is 1. The van der Waals surface area contributed by atoms with Gasteiger partial charge in [-0.3, -0.25) is 4.79 Å². The first kappa shape index (κ1) is 16.4. The van der Waals surface area contributed by atoms with E-state index in [4.69, 9.17) is 0 Å². The first-order valence-corrected chi connectivity index (χ1v) is 7.69. The molecule has 4 N–H and O–H groups in total. The van der Waals surface area contributed by atoms with Gasteiger partial charge in [0.25, 0.3) is 5.91 Å². The van der Waals surface area contributed by atoms with E-state index in [0.29, 0.717) is 5.56 Å². The van der Waals surface area contributed by atoms with Crippen LogP contribution < -0.4 is 5.32 Å². The van der Waals surface area contributed by atoms with Crippen LogP contribution in [-0.4, -0.2) is 46.6 Å². The smallest absolute Gasteiger partial charge is 0.252 e. The fourth-order valence-corrected chi connectivity index (χ4v) is 2.74. The summed E-state index contributed by atoms with van der Waals surface area (Å²) in [5.41, 5.74) is -1.02. The molecule has 0 aromatic heterocycles. The van der Waals surface area contributed by atoms with Crippen LogP contribution in [0.4, 0.5) is 0 Å². The summed E-state index contributed by atoms with van der Waals surface area (Å²) in [4.78, 5) is 12.6.